The third-order valence-corrected chi connectivity index (χ3v) is 3.42. The summed E-state index contributed by atoms with van der Waals surface area (Å²) in [5, 5.41) is 8.95. The largest absolute Gasteiger partial charge is 0.481 e. The van der Waals surface area contributed by atoms with Crippen LogP contribution in [0.15, 0.2) is 48.5 Å². The van der Waals surface area contributed by atoms with E-state index in [1.54, 1.807) is 30.3 Å². The van der Waals surface area contributed by atoms with Crippen LogP contribution in [0.25, 0.3) is 0 Å². The van der Waals surface area contributed by atoms with E-state index in [9.17, 15) is 18.0 Å². The zero-order chi connectivity index (χ0) is 17.0. The molecule has 0 aromatic heterocycles. The Morgan fingerprint density at radius 1 is 1.04 bits per heavy atom. The normalized spacial score (nSPS) is 11.0. The minimum absolute atomic E-state index is 0.0977. The second kappa shape index (κ2) is 6.62. The van der Waals surface area contributed by atoms with Crippen LogP contribution in [0.2, 0.25) is 0 Å². The lowest BCUT2D eigenvalue weighted by molar-refractivity contribution is -0.136. The summed E-state index contributed by atoms with van der Waals surface area (Å²) >= 11 is 0. The summed E-state index contributed by atoms with van der Waals surface area (Å²) in [6.45, 7) is 0. The number of carboxylic acids is 1. The van der Waals surface area contributed by atoms with Crippen molar-refractivity contribution in [2.75, 3.05) is 6.26 Å². The standard InChI is InChI=1S/C16H14O6S/c1-23(20,21)22-14-8-7-12(9-13(14)10-15(17)18)16(19)11-5-3-2-4-6-11/h2-9H,10H2,1H3,(H,17,18). The van der Waals surface area contributed by atoms with Gasteiger partial charge in [-0.2, -0.15) is 8.42 Å². The molecule has 2 rings (SSSR count). The quantitative estimate of drug-likeness (QED) is 0.640. The lowest BCUT2D eigenvalue weighted by atomic mass is 10.00. The molecule has 0 amide bonds. The fourth-order valence-electron chi connectivity index (χ4n) is 2.02. The highest BCUT2D eigenvalue weighted by molar-refractivity contribution is 7.86. The predicted molar refractivity (Wildman–Crippen MR) is 83.1 cm³/mol. The molecule has 6 nitrogen and oxygen atoms in total. The van der Waals surface area contributed by atoms with E-state index in [1.165, 1.54) is 18.2 Å². The van der Waals surface area contributed by atoms with Gasteiger partial charge in [0.25, 0.3) is 0 Å². The Morgan fingerprint density at radius 3 is 2.26 bits per heavy atom. The zero-order valence-electron chi connectivity index (χ0n) is 12.2. The molecule has 23 heavy (non-hydrogen) atoms. The van der Waals surface area contributed by atoms with Crippen molar-refractivity contribution in [3.8, 4) is 5.75 Å². The lowest BCUT2D eigenvalue weighted by Crippen LogP contribution is -2.11. The molecule has 0 saturated heterocycles. The van der Waals surface area contributed by atoms with E-state index in [2.05, 4.69) is 0 Å². The Bertz CT molecular complexity index is 840. The van der Waals surface area contributed by atoms with E-state index in [4.69, 9.17) is 9.29 Å². The minimum Gasteiger partial charge on any atom is -0.481 e. The smallest absolute Gasteiger partial charge is 0.307 e. The summed E-state index contributed by atoms with van der Waals surface area (Å²) in [6, 6.07) is 12.5. The van der Waals surface area contributed by atoms with E-state index in [-0.39, 0.29) is 22.7 Å². The summed E-state index contributed by atoms with van der Waals surface area (Å²) in [7, 11) is -3.80. The number of benzene rings is 2. The van der Waals surface area contributed by atoms with Crippen LogP contribution in [0.4, 0.5) is 0 Å². The SMILES string of the molecule is CS(=O)(=O)Oc1ccc(C(=O)c2ccccc2)cc1CC(=O)O. The van der Waals surface area contributed by atoms with Gasteiger partial charge in [0.05, 0.1) is 12.7 Å². The van der Waals surface area contributed by atoms with Crippen LogP contribution in [-0.4, -0.2) is 31.5 Å². The minimum atomic E-state index is -3.80. The van der Waals surface area contributed by atoms with Gasteiger partial charge in [0.2, 0.25) is 0 Å². The maximum absolute atomic E-state index is 12.4. The third kappa shape index (κ3) is 4.65. The number of carboxylic acid groups (broad SMARTS) is 1. The van der Waals surface area contributed by atoms with Gasteiger partial charge in [0.1, 0.15) is 5.75 Å². The summed E-state index contributed by atoms with van der Waals surface area (Å²) in [4.78, 5) is 23.3. The highest BCUT2D eigenvalue weighted by atomic mass is 32.2. The predicted octanol–water partition coefficient (Wildman–Crippen LogP) is 1.88. The molecular weight excluding hydrogens is 320 g/mol. The van der Waals surface area contributed by atoms with Crippen molar-refractivity contribution in [1.29, 1.82) is 0 Å². The number of aliphatic carboxylic acids is 1. The van der Waals surface area contributed by atoms with Gasteiger partial charge in [-0.15, -0.1) is 0 Å². The van der Waals surface area contributed by atoms with Crippen molar-refractivity contribution >= 4 is 21.9 Å². The van der Waals surface area contributed by atoms with Crippen molar-refractivity contribution in [3.63, 3.8) is 0 Å². The van der Waals surface area contributed by atoms with Gasteiger partial charge in [-0.1, -0.05) is 30.3 Å². The number of ketones is 1. The highest BCUT2D eigenvalue weighted by Gasteiger charge is 2.16. The van der Waals surface area contributed by atoms with Crippen molar-refractivity contribution in [3.05, 3.63) is 65.2 Å². The van der Waals surface area contributed by atoms with Crippen molar-refractivity contribution in [2.45, 2.75) is 6.42 Å². The molecule has 0 aliphatic rings. The second-order valence-corrected chi connectivity index (χ2v) is 6.45. The van der Waals surface area contributed by atoms with Crippen LogP contribution in [0.1, 0.15) is 21.5 Å². The van der Waals surface area contributed by atoms with E-state index in [0.29, 0.717) is 5.56 Å². The zero-order valence-corrected chi connectivity index (χ0v) is 13.0. The summed E-state index contributed by atoms with van der Waals surface area (Å²) < 4.78 is 27.3. The van der Waals surface area contributed by atoms with Gasteiger partial charge in [-0.25, -0.2) is 0 Å². The first kappa shape index (κ1) is 16.7. The maximum Gasteiger partial charge on any atom is 0.307 e. The average molecular weight is 334 g/mol. The van der Waals surface area contributed by atoms with Gasteiger partial charge in [-0.3, -0.25) is 9.59 Å². The molecule has 7 heteroatoms. The summed E-state index contributed by atoms with van der Waals surface area (Å²) in [6.07, 6.45) is 0.404. The van der Waals surface area contributed by atoms with Gasteiger partial charge in [0.15, 0.2) is 5.78 Å². The second-order valence-electron chi connectivity index (χ2n) is 4.88. The molecule has 0 atom stereocenters. The van der Waals surface area contributed by atoms with Gasteiger partial charge in [-0.05, 0) is 18.2 Å². The van der Waals surface area contributed by atoms with Crippen LogP contribution >= 0.6 is 0 Å². The van der Waals surface area contributed by atoms with Crippen LogP contribution in [-0.2, 0) is 21.3 Å². The molecular formula is C16H14O6S. The Balaban J connectivity index is 2.43. The van der Waals surface area contributed by atoms with Gasteiger partial charge in [0, 0.05) is 16.7 Å². The van der Waals surface area contributed by atoms with Crippen LogP contribution in [0, 0.1) is 0 Å². The Kier molecular flexibility index (Phi) is 4.80. The fourth-order valence-corrected chi connectivity index (χ4v) is 2.51. The first-order valence-electron chi connectivity index (χ1n) is 6.60. The molecule has 120 valence electrons. The first-order valence-corrected chi connectivity index (χ1v) is 8.42. The Hall–Kier alpha value is -2.67. The molecule has 2 aromatic carbocycles. The molecule has 1 N–H and O–H groups in total. The molecule has 0 aliphatic carbocycles. The molecule has 0 bridgehead atoms. The van der Waals surface area contributed by atoms with Crippen LogP contribution < -0.4 is 4.18 Å². The van der Waals surface area contributed by atoms with Crippen LogP contribution in [0.5, 0.6) is 5.75 Å². The topological polar surface area (TPSA) is 97.7 Å². The van der Waals surface area contributed by atoms with Crippen molar-refractivity contribution in [2.24, 2.45) is 0 Å². The highest BCUT2D eigenvalue weighted by Crippen LogP contribution is 2.24. The van der Waals surface area contributed by atoms with Gasteiger partial charge < -0.3 is 9.29 Å². The third-order valence-electron chi connectivity index (χ3n) is 2.94. The molecule has 2 aromatic rings. The van der Waals surface area contributed by atoms with Crippen molar-refractivity contribution < 1.29 is 27.3 Å². The lowest BCUT2D eigenvalue weighted by Gasteiger charge is -2.10. The average Bonchev–Trinajstić information content (AvgIpc) is 2.47. The van der Waals surface area contributed by atoms with Crippen molar-refractivity contribution in [1.82, 2.24) is 0 Å². The monoisotopic (exact) mass is 334 g/mol. The van der Waals surface area contributed by atoms with E-state index < -0.39 is 22.5 Å². The Labute approximate surface area is 133 Å². The summed E-state index contributed by atoms with van der Waals surface area (Å²) in [5.74, 6) is -1.55. The number of carbonyl (C=O) groups excluding carboxylic acids is 1. The maximum atomic E-state index is 12.4. The number of hydrogen-bond acceptors (Lipinski definition) is 5. The van der Waals surface area contributed by atoms with Gasteiger partial charge >= 0.3 is 16.1 Å². The number of hydrogen-bond donors (Lipinski definition) is 1. The molecule has 0 fully saturated rings. The molecule has 0 aliphatic heterocycles. The van der Waals surface area contributed by atoms with E-state index in [1.807, 2.05) is 0 Å². The molecule has 0 spiro atoms. The number of carbonyl (C=O) groups is 2. The fraction of sp³-hybridized carbons (Fsp3) is 0.125. The first-order chi connectivity index (χ1) is 10.8. The molecule has 0 unspecified atom stereocenters. The van der Waals surface area contributed by atoms with E-state index in [0.717, 1.165) is 6.26 Å². The summed E-state index contributed by atoms with van der Waals surface area (Å²) in [5.41, 5.74) is 0.823. The molecule has 0 radical (unpaired) electrons. The van der Waals surface area contributed by atoms with E-state index >= 15 is 0 Å². The molecule has 0 saturated carbocycles. The number of rotatable bonds is 6. The Morgan fingerprint density at radius 2 is 1.70 bits per heavy atom. The molecule has 0 heterocycles. The van der Waals surface area contributed by atoms with Crippen LogP contribution in [0.3, 0.4) is 0 Å².